The first-order valence-corrected chi connectivity index (χ1v) is 7.42. The van der Waals surface area contributed by atoms with Crippen LogP contribution in [0.15, 0.2) is 47.9 Å². The molecule has 1 aromatic carbocycles. The number of benzene rings is 1. The van der Waals surface area contributed by atoms with Crippen LogP contribution in [-0.4, -0.2) is 17.0 Å². The highest BCUT2D eigenvalue weighted by atomic mass is 32.1. The van der Waals surface area contributed by atoms with E-state index in [1.54, 1.807) is 30.3 Å². The fourth-order valence-electron chi connectivity index (χ4n) is 1.88. The van der Waals surface area contributed by atoms with Crippen LogP contribution in [0.1, 0.15) is 22.9 Å². The van der Waals surface area contributed by atoms with Crippen molar-refractivity contribution in [3.8, 4) is 0 Å². The summed E-state index contributed by atoms with van der Waals surface area (Å²) in [5, 5.41) is 13.4. The van der Waals surface area contributed by atoms with Crippen LogP contribution in [0.2, 0.25) is 0 Å². The van der Waals surface area contributed by atoms with Gasteiger partial charge in [0.2, 0.25) is 5.91 Å². The minimum atomic E-state index is -1.00. The van der Waals surface area contributed by atoms with Crippen LogP contribution >= 0.6 is 11.3 Å². The van der Waals surface area contributed by atoms with Crippen molar-refractivity contribution in [1.82, 2.24) is 5.32 Å². The number of halogens is 1. The standard InChI is InChI=1S/C16H14FNO3S/c17-12-5-2-1-4-11(12)7-8-15(19)18-13(10-16(20)21)14-6-3-9-22-14/h1-9,13H,10H2,(H,18,19)(H,20,21)/b8-7+/t13-/m1/s1. The third-order valence-electron chi connectivity index (χ3n) is 2.90. The molecule has 2 aromatic rings. The van der Waals surface area contributed by atoms with E-state index >= 15 is 0 Å². The van der Waals surface area contributed by atoms with E-state index in [1.165, 1.54) is 29.6 Å². The number of nitrogens with one attached hydrogen (secondary N) is 1. The molecule has 2 rings (SSSR count). The molecule has 0 spiro atoms. The Morgan fingerprint density at radius 3 is 2.68 bits per heavy atom. The van der Waals surface area contributed by atoms with E-state index in [9.17, 15) is 14.0 Å². The predicted molar refractivity (Wildman–Crippen MR) is 82.9 cm³/mol. The molecule has 0 saturated heterocycles. The van der Waals surface area contributed by atoms with Crippen LogP contribution < -0.4 is 5.32 Å². The molecule has 1 atom stereocenters. The molecule has 1 aromatic heterocycles. The number of aliphatic carboxylic acids is 1. The van der Waals surface area contributed by atoms with Gasteiger partial charge in [-0.05, 0) is 23.6 Å². The molecule has 1 heterocycles. The molecule has 22 heavy (non-hydrogen) atoms. The second-order valence-corrected chi connectivity index (χ2v) is 5.51. The number of carbonyl (C=O) groups is 2. The Kier molecular flexibility index (Phi) is 5.43. The second kappa shape index (κ2) is 7.51. The van der Waals surface area contributed by atoms with Crippen molar-refractivity contribution in [2.75, 3.05) is 0 Å². The highest BCUT2D eigenvalue weighted by molar-refractivity contribution is 7.10. The summed E-state index contributed by atoms with van der Waals surface area (Å²) in [6.45, 7) is 0. The number of carboxylic acid groups (broad SMARTS) is 1. The number of rotatable bonds is 6. The quantitative estimate of drug-likeness (QED) is 0.803. The van der Waals surface area contributed by atoms with Gasteiger partial charge in [0.15, 0.2) is 0 Å². The van der Waals surface area contributed by atoms with E-state index in [0.29, 0.717) is 5.56 Å². The third kappa shape index (κ3) is 4.53. The highest BCUT2D eigenvalue weighted by Crippen LogP contribution is 2.22. The maximum Gasteiger partial charge on any atom is 0.305 e. The van der Waals surface area contributed by atoms with Crippen molar-refractivity contribution in [3.63, 3.8) is 0 Å². The summed E-state index contributed by atoms with van der Waals surface area (Å²) in [5.74, 6) is -1.90. The normalized spacial score (nSPS) is 12.2. The van der Waals surface area contributed by atoms with E-state index in [4.69, 9.17) is 5.11 Å². The number of hydrogen-bond acceptors (Lipinski definition) is 3. The van der Waals surface area contributed by atoms with Crippen molar-refractivity contribution < 1.29 is 19.1 Å². The molecule has 0 aliphatic carbocycles. The SMILES string of the molecule is O=C(O)C[C@@H](NC(=O)/C=C/c1ccccc1F)c1cccs1. The molecule has 6 heteroatoms. The number of carboxylic acids is 1. The molecule has 114 valence electrons. The molecule has 0 unspecified atom stereocenters. The maximum atomic E-state index is 13.4. The lowest BCUT2D eigenvalue weighted by molar-refractivity contribution is -0.137. The minimum absolute atomic E-state index is 0.209. The molecule has 0 aliphatic rings. The van der Waals surface area contributed by atoms with Gasteiger partial charge in [-0.15, -0.1) is 11.3 Å². The van der Waals surface area contributed by atoms with E-state index in [1.807, 2.05) is 5.38 Å². The summed E-state index contributed by atoms with van der Waals surface area (Å²) in [5.41, 5.74) is 0.295. The molecule has 4 nitrogen and oxygen atoms in total. The van der Waals surface area contributed by atoms with E-state index in [2.05, 4.69) is 5.32 Å². The summed E-state index contributed by atoms with van der Waals surface area (Å²) in [4.78, 5) is 23.6. The lowest BCUT2D eigenvalue weighted by atomic mass is 10.1. The van der Waals surface area contributed by atoms with Gasteiger partial charge in [0, 0.05) is 16.5 Å². The topological polar surface area (TPSA) is 66.4 Å². The van der Waals surface area contributed by atoms with Crippen molar-refractivity contribution in [3.05, 3.63) is 64.1 Å². The molecule has 2 N–H and O–H groups in total. The number of carbonyl (C=O) groups excluding carboxylic acids is 1. The minimum Gasteiger partial charge on any atom is -0.481 e. The van der Waals surface area contributed by atoms with Crippen molar-refractivity contribution in [1.29, 1.82) is 0 Å². The highest BCUT2D eigenvalue weighted by Gasteiger charge is 2.17. The van der Waals surface area contributed by atoms with Gasteiger partial charge in [-0.2, -0.15) is 0 Å². The average Bonchev–Trinajstić information content (AvgIpc) is 2.99. The average molecular weight is 319 g/mol. The zero-order valence-electron chi connectivity index (χ0n) is 11.5. The van der Waals surface area contributed by atoms with Gasteiger partial charge < -0.3 is 10.4 Å². The molecule has 0 aliphatic heterocycles. The van der Waals surface area contributed by atoms with Crippen LogP contribution in [0, 0.1) is 5.82 Å². The van der Waals surface area contributed by atoms with Gasteiger partial charge in [0.25, 0.3) is 0 Å². The van der Waals surface area contributed by atoms with Gasteiger partial charge in [-0.25, -0.2) is 4.39 Å². The lowest BCUT2D eigenvalue weighted by Crippen LogP contribution is -2.28. The van der Waals surface area contributed by atoms with E-state index in [-0.39, 0.29) is 6.42 Å². The fourth-order valence-corrected chi connectivity index (χ4v) is 2.66. The Labute approximate surface area is 130 Å². The Morgan fingerprint density at radius 1 is 1.27 bits per heavy atom. The number of amides is 1. The monoisotopic (exact) mass is 319 g/mol. The van der Waals surface area contributed by atoms with E-state index in [0.717, 1.165) is 4.88 Å². The summed E-state index contributed by atoms with van der Waals surface area (Å²) >= 11 is 1.37. The molecule has 0 saturated carbocycles. The van der Waals surface area contributed by atoms with Gasteiger partial charge in [-0.3, -0.25) is 9.59 Å². The first kappa shape index (κ1) is 15.9. The summed E-state index contributed by atoms with van der Waals surface area (Å²) in [6, 6.07) is 9.03. The summed E-state index contributed by atoms with van der Waals surface area (Å²) in [6.07, 6.45) is 2.34. The van der Waals surface area contributed by atoms with Crippen molar-refractivity contribution in [2.45, 2.75) is 12.5 Å². The Bertz CT molecular complexity index is 682. The van der Waals surface area contributed by atoms with E-state index < -0.39 is 23.7 Å². The molecular weight excluding hydrogens is 305 g/mol. The Hall–Kier alpha value is -2.47. The molecule has 0 fully saturated rings. The van der Waals surface area contributed by atoms with Crippen LogP contribution in [-0.2, 0) is 9.59 Å². The molecular formula is C16H14FNO3S. The van der Waals surface area contributed by atoms with Gasteiger partial charge in [-0.1, -0.05) is 24.3 Å². The van der Waals surface area contributed by atoms with Gasteiger partial charge in [0.05, 0.1) is 12.5 Å². The van der Waals surface area contributed by atoms with Crippen LogP contribution in [0.5, 0.6) is 0 Å². The zero-order valence-corrected chi connectivity index (χ0v) is 12.3. The lowest BCUT2D eigenvalue weighted by Gasteiger charge is -2.14. The second-order valence-electron chi connectivity index (χ2n) is 4.53. The zero-order chi connectivity index (χ0) is 15.9. The Balaban J connectivity index is 2.05. The van der Waals surface area contributed by atoms with Gasteiger partial charge in [0.1, 0.15) is 5.82 Å². The first-order chi connectivity index (χ1) is 10.6. The van der Waals surface area contributed by atoms with Crippen LogP contribution in [0.4, 0.5) is 4.39 Å². The Morgan fingerprint density at radius 2 is 2.05 bits per heavy atom. The fraction of sp³-hybridized carbons (Fsp3) is 0.125. The molecule has 0 radical (unpaired) electrons. The maximum absolute atomic E-state index is 13.4. The largest absolute Gasteiger partial charge is 0.481 e. The van der Waals surface area contributed by atoms with Crippen LogP contribution in [0.25, 0.3) is 6.08 Å². The summed E-state index contributed by atoms with van der Waals surface area (Å²) < 4.78 is 13.4. The van der Waals surface area contributed by atoms with Gasteiger partial charge >= 0.3 is 5.97 Å². The third-order valence-corrected chi connectivity index (χ3v) is 3.89. The number of hydrogen-bond donors (Lipinski definition) is 2. The first-order valence-electron chi connectivity index (χ1n) is 6.54. The molecule has 1 amide bonds. The van der Waals surface area contributed by atoms with Crippen molar-refractivity contribution >= 4 is 29.3 Å². The molecule has 0 bridgehead atoms. The van der Waals surface area contributed by atoms with Crippen molar-refractivity contribution in [2.24, 2.45) is 0 Å². The predicted octanol–water partition coefficient (Wildman–Crippen LogP) is 3.23. The van der Waals surface area contributed by atoms with Crippen LogP contribution in [0.3, 0.4) is 0 Å². The smallest absolute Gasteiger partial charge is 0.305 e. The summed E-state index contributed by atoms with van der Waals surface area (Å²) in [7, 11) is 0. The number of thiophene rings is 1.